The lowest BCUT2D eigenvalue weighted by Crippen LogP contribution is -2.36. The number of fused-ring (bicyclic) bond motifs is 1. The van der Waals surface area contributed by atoms with Gasteiger partial charge in [0.15, 0.2) is 11.9 Å². The normalized spacial score (nSPS) is 14.3. The molecule has 0 radical (unpaired) electrons. The molecule has 8 heteroatoms. The van der Waals surface area contributed by atoms with Gasteiger partial charge in [0.2, 0.25) is 5.52 Å². The molecule has 0 atom stereocenters. The molecule has 1 fully saturated rings. The highest BCUT2D eigenvalue weighted by Gasteiger charge is 2.23. The number of carbonyl (C=O) groups is 1. The van der Waals surface area contributed by atoms with Gasteiger partial charge >= 0.3 is 5.97 Å². The Hall–Kier alpha value is -3.65. The number of esters is 1. The Balaban J connectivity index is 1.75. The minimum absolute atomic E-state index is 0.219. The zero-order valence-corrected chi connectivity index (χ0v) is 19.4. The molecule has 1 aromatic heterocycles. The summed E-state index contributed by atoms with van der Waals surface area (Å²) in [5.74, 6) is 0.156. The number of hydrazone groups is 1. The zero-order chi connectivity index (χ0) is 23.4. The van der Waals surface area contributed by atoms with E-state index in [-0.39, 0.29) is 5.71 Å². The van der Waals surface area contributed by atoms with Crippen molar-refractivity contribution < 1.29 is 23.6 Å². The van der Waals surface area contributed by atoms with Crippen LogP contribution in [-0.4, -0.2) is 59.3 Å². The second-order valence-electron chi connectivity index (χ2n) is 7.78. The first-order valence-electron chi connectivity index (χ1n) is 10.8. The van der Waals surface area contributed by atoms with Crippen LogP contribution in [0, 0.1) is 0 Å². The van der Waals surface area contributed by atoms with Crippen molar-refractivity contribution in [2.24, 2.45) is 12.1 Å². The summed E-state index contributed by atoms with van der Waals surface area (Å²) >= 11 is 0. The maximum Gasteiger partial charge on any atom is 0.359 e. The predicted molar refractivity (Wildman–Crippen MR) is 128 cm³/mol. The standard InChI is InChI=1S/C25H29N4O4/c1-27-12-11-20(19-7-5-6-8-21(19)27)24(25(30)32-4)26-28(2)22-10-9-18(17-23(22)31-3)29-13-15-33-16-14-29/h5-12,17H,13-16H2,1-4H3/q+1. The summed E-state index contributed by atoms with van der Waals surface area (Å²) in [4.78, 5) is 15.0. The van der Waals surface area contributed by atoms with E-state index in [9.17, 15) is 4.79 Å². The van der Waals surface area contributed by atoms with Gasteiger partial charge in [0.1, 0.15) is 18.5 Å². The molecule has 33 heavy (non-hydrogen) atoms. The number of rotatable bonds is 6. The smallest absolute Gasteiger partial charge is 0.359 e. The number of ether oxygens (including phenoxy) is 3. The Bertz CT molecular complexity index is 1190. The van der Waals surface area contributed by atoms with Crippen LogP contribution in [0.2, 0.25) is 0 Å². The summed E-state index contributed by atoms with van der Waals surface area (Å²) in [5, 5.41) is 7.23. The molecule has 0 aliphatic carbocycles. The minimum Gasteiger partial charge on any atom is -0.494 e. The van der Waals surface area contributed by atoms with Crippen molar-refractivity contribution in [2.45, 2.75) is 0 Å². The number of hydrogen-bond donors (Lipinski definition) is 0. The van der Waals surface area contributed by atoms with Crippen LogP contribution in [0.5, 0.6) is 5.75 Å². The molecule has 0 N–H and O–H groups in total. The van der Waals surface area contributed by atoms with E-state index >= 15 is 0 Å². The van der Waals surface area contributed by atoms with E-state index < -0.39 is 5.97 Å². The molecular formula is C25H29N4O4+. The van der Waals surface area contributed by atoms with Crippen LogP contribution >= 0.6 is 0 Å². The number of aryl methyl sites for hydroxylation is 1. The Labute approximate surface area is 193 Å². The largest absolute Gasteiger partial charge is 0.494 e. The summed E-state index contributed by atoms with van der Waals surface area (Å²) in [7, 11) is 6.75. The van der Waals surface area contributed by atoms with E-state index in [1.54, 1.807) is 19.2 Å². The Morgan fingerprint density at radius 3 is 2.61 bits per heavy atom. The molecule has 1 aliphatic heterocycles. The number of pyridine rings is 1. The van der Waals surface area contributed by atoms with Gasteiger partial charge in [-0.3, -0.25) is 5.01 Å². The lowest BCUT2D eigenvalue weighted by atomic mass is 10.0. The van der Waals surface area contributed by atoms with Crippen LogP contribution in [0.25, 0.3) is 10.9 Å². The molecule has 0 spiro atoms. The second-order valence-corrected chi connectivity index (χ2v) is 7.78. The molecule has 0 saturated carbocycles. The van der Waals surface area contributed by atoms with Crippen LogP contribution in [0.3, 0.4) is 0 Å². The summed E-state index contributed by atoms with van der Waals surface area (Å²) in [6, 6.07) is 15.7. The third kappa shape index (κ3) is 4.61. The average Bonchev–Trinajstić information content (AvgIpc) is 2.87. The van der Waals surface area contributed by atoms with Gasteiger partial charge < -0.3 is 19.1 Å². The molecule has 2 heterocycles. The van der Waals surface area contributed by atoms with E-state index in [1.807, 2.05) is 66.3 Å². The minimum atomic E-state index is -0.509. The summed E-state index contributed by atoms with van der Waals surface area (Å²) in [6.07, 6.45) is 1.91. The number of nitrogens with zero attached hydrogens (tertiary/aromatic N) is 4. The quantitative estimate of drug-likeness (QED) is 0.249. The molecule has 1 aliphatic rings. The lowest BCUT2D eigenvalue weighted by molar-refractivity contribution is -0.644. The molecule has 2 aromatic carbocycles. The fourth-order valence-electron chi connectivity index (χ4n) is 4.03. The van der Waals surface area contributed by atoms with E-state index in [4.69, 9.17) is 14.2 Å². The van der Waals surface area contributed by atoms with E-state index in [0.29, 0.717) is 24.5 Å². The second kappa shape index (κ2) is 9.87. The van der Waals surface area contributed by atoms with Crippen molar-refractivity contribution in [1.82, 2.24) is 0 Å². The number of para-hydroxylation sites is 1. The highest BCUT2D eigenvalue weighted by molar-refractivity contribution is 6.45. The molecule has 4 rings (SSSR count). The number of aromatic nitrogens is 1. The van der Waals surface area contributed by atoms with Crippen molar-refractivity contribution >= 4 is 34.0 Å². The number of benzene rings is 2. The molecule has 0 amide bonds. The lowest BCUT2D eigenvalue weighted by Gasteiger charge is -2.29. The van der Waals surface area contributed by atoms with Crippen molar-refractivity contribution in [3.8, 4) is 5.75 Å². The van der Waals surface area contributed by atoms with Crippen molar-refractivity contribution in [3.05, 3.63) is 60.3 Å². The maximum absolute atomic E-state index is 12.8. The van der Waals surface area contributed by atoms with Gasteiger partial charge in [-0.25, -0.2) is 9.36 Å². The molecule has 3 aromatic rings. The molecule has 1 saturated heterocycles. The molecule has 0 unspecified atom stereocenters. The van der Waals surface area contributed by atoms with Gasteiger partial charge in [0.05, 0.1) is 32.8 Å². The molecule has 0 bridgehead atoms. The van der Waals surface area contributed by atoms with Gasteiger partial charge in [0.25, 0.3) is 0 Å². The Kier molecular flexibility index (Phi) is 6.74. The summed E-state index contributed by atoms with van der Waals surface area (Å²) in [5.41, 5.74) is 3.71. The first-order chi connectivity index (χ1) is 16.0. The molecule has 8 nitrogen and oxygen atoms in total. The van der Waals surface area contributed by atoms with Crippen LogP contribution in [0.1, 0.15) is 5.56 Å². The molecular weight excluding hydrogens is 420 g/mol. The van der Waals surface area contributed by atoms with Crippen LogP contribution in [0.15, 0.2) is 59.8 Å². The fourth-order valence-corrected chi connectivity index (χ4v) is 4.03. The number of anilines is 2. The van der Waals surface area contributed by atoms with Crippen LogP contribution in [0.4, 0.5) is 11.4 Å². The third-order valence-corrected chi connectivity index (χ3v) is 5.81. The molecule has 172 valence electrons. The zero-order valence-electron chi connectivity index (χ0n) is 19.4. The van der Waals surface area contributed by atoms with Gasteiger partial charge in [-0.1, -0.05) is 12.1 Å². The maximum atomic E-state index is 12.8. The fraction of sp³-hybridized carbons (Fsp3) is 0.320. The highest BCUT2D eigenvalue weighted by Crippen LogP contribution is 2.33. The monoisotopic (exact) mass is 449 g/mol. The average molecular weight is 450 g/mol. The van der Waals surface area contributed by atoms with E-state index in [2.05, 4.69) is 10.0 Å². The Morgan fingerprint density at radius 1 is 1.12 bits per heavy atom. The van der Waals surface area contributed by atoms with Crippen molar-refractivity contribution in [1.29, 1.82) is 0 Å². The summed E-state index contributed by atoms with van der Waals surface area (Å²) < 4.78 is 18.2. The van der Waals surface area contributed by atoms with Crippen LogP contribution < -0.4 is 19.2 Å². The van der Waals surface area contributed by atoms with Gasteiger partial charge in [-0.15, -0.1) is 0 Å². The first-order valence-corrected chi connectivity index (χ1v) is 10.8. The number of morpholine rings is 1. The summed E-state index contributed by atoms with van der Waals surface area (Å²) in [6.45, 7) is 3.09. The predicted octanol–water partition coefficient (Wildman–Crippen LogP) is 2.52. The van der Waals surface area contributed by atoms with E-state index in [1.165, 1.54) is 7.11 Å². The number of hydrogen-bond acceptors (Lipinski definition) is 7. The Morgan fingerprint density at radius 2 is 1.88 bits per heavy atom. The SMILES string of the molecule is COC(=O)/C(=N\N(C)c1ccc(N2CCOCC2)cc1OC)c1cc[n+](C)c2ccccc12. The number of carbonyl (C=O) groups excluding carboxylic acids is 1. The van der Waals surface area contributed by atoms with Crippen molar-refractivity contribution in [3.63, 3.8) is 0 Å². The van der Waals surface area contributed by atoms with E-state index in [0.717, 1.165) is 35.4 Å². The van der Waals surface area contributed by atoms with Gasteiger partial charge in [-0.05, 0) is 18.2 Å². The first kappa shape index (κ1) is 22.5. The van der Waals surface area contributed by atoms with Crippen molar-refractivity contribution in [2.75, 3.05) is 57.5 Å². The number of methoxy groups -OCH3 is 2. The van der Waals surface area contributed by atoms with Gasteiger partial charge in [0, 0.05) is 49.6 Å². The third-order valence-electron chi connectivity index (χ3n) is 5.81. The highest BCUT2D eigenvalue weighted by atomic mass is 16.5. The van der Waals surface area contributed by atoms with Crippen LogP contribution in [-0.2, 0) is 21.3 Å². The van der Waals surface area contributed by atoms with Gasteiger partial charge in [-0.2, -0.15) is 5.10 Å². The topological polar surface area (TPSA) is 67.5 Å².